The molecule has 0 aliphatic carbocycles. The summed E-state index contributed by atoms with van der Waals surface area (Å²) < 4.78 is 0.973. The van der Waals surface area contributed by atoms with Crippen molar-refractivity contribution in [2.75, 3.05) is 21.1 Å². The summed E-state index contributed by atoms with van der Waals surface area (Å²) in [6, 6.07) is 12.6. The fraction of sp³-hybridized carbons (Fsp3) is 0.333. The van der Waals surface area contributed by atoms with Gasteiger partial charge in [0.25, 0.3) is 0 Å². The van der Waals surface area contributed by atoms with Crippen LogP contribution in [0.4, 0.5) is 0 Å². The Bertz CT molecular complexity index is 514. The van der Waals surface area contributed by atoms with E-state index in [4.69, 9.17) is 11.6 Å². The first kappa shape index (κ1) is 17.0. The van der Waals surface area contributed by atoms with Crippen LogP contribution in [0.3, 0.4) is 0 Å². The SMILES string of the molecule is C[N+](C)(C)Cc1ccc(Cc2ccc(Cl)cc2)s1.[I-]. The Hall–Kier alpha value is -0.100. The van der Waals surface area contributed by atoms with Crippen LogP contribution < -0.4 is 24.0 Å². The highest BCUT2D eigenvalue weighted by molar-refractivity contribution is 7.12. The first-order chi connectivity index (χ1) is 8.42. The van der Waals surface area contributed by atoms with Crippen LogP contribution >= 0.6 is 22.9 Å². The summed E-state index contributed by atoms with van der Waals surface area (Å²) in [5.41, 5.74) is 1.32. The molecule has 0 spiro atoms. The van der Waals surface area contributed by atoms with Gasteiger partial charge in [0, 0.05) is 16.3 Å². The van der Waals surface area contributed by atoms with E-state index in [1.807, 2.05) is 23.5 Å². The van der Waals surface area contributed by atoms with E-state index in [1.165, 1.54) is 15.3 Å². The van der Waals surface area contributed by atoms with E-state index in [-0.39, 0.29) is 24.0 Å². The molecule has 19 heavy (non-hydrogen) atoms. The molecule has 0 saturated carbocycles. The number of quaternary nitrogens is 1. The van der Waals surface area contributed by atoms with Crippen molar-refractivity contribution in [3.8, 4) is 0 Å². The van der Waals surface area contributed by atoms with Crippen molar-refractivity contribution in [1.82, 2.24) is 0 Å². The molecule has 1 heterocycles. The van der Waals surface area contributed by atoms with Crippen LogP contribution in [0.25, 0.3) is 0 Å². The molecule has 0 amide bonds. The molecule has 0 N–H and O–H groups in total. The minimum Gasteiger partial charge on any atom is -1.00 e. The molecule has 0 aliphatic heterocycles. The van der Waals surface area contributed by atoms with Crippen molar-refractivity contribution in [2.45, 2.75) is 13.0 Å². The van der Waals surface area contributed by atoms with Gasteiger partial charge in [-0.25, -0.2) is 0 Å². The summed E-state index contributed by atoms with van der Waals surface area (Å²) in [6.45, 7) is 1.09. The third-order valence-corrected chi connectivity index (χ3v) is 3.96. The maximum Gasteiger partial charge on any atom is 0.113 e. The molecule has 1 nitrogen and oxygen atoms in total. The number of rotatable bonds is 4. The van der Waals surface area contributed by atoms with Gasteiger partial charge >= 0.3 is 0 Å². The van der Waals surface area contributed by atoms with Crippen LogP contribution in [0.1, 0.15) is 15.3 Å². The number of benzene rings is 1. The summed E-state index contributed by atoms with van der Waals surface area (Å²) >= 11 is 7.80. The summed E-state index contributed by atoms with van der Waals surface area (Å²) in [5, 5.41) is 0.802. The Morgan fingerprint density at radius 2 is 1.53 bits per heavy atom. The van der Waals surface area contributed by atoms with E-state index in [2.05, 4.69) is 45.4 Å². The van der Waals surface area contributed by atoms with Gasteiger partial charge in [0.2, 0.25) is 0 Å². The Morgan fingerprint density at radius 3 is 2.11 bits per heavy atom. The molecule has 1 aromatic carbocycles. The lowest BCUT2D eigenvalue weighted by molar-refractivity contribution is -0.883. The largest absolute Gasteiger partial charge is 1.00 e. The second kappa shape index (κ2) is 7.07. The summed E-state index contributed by atoms with van der Waals surface area (Å²) in [4.78, 5) is 2.87. The van der Waals surface area contributed by atoms with Crippen molar-refractivity contribution >= 4 is 22.9 Å². The summed E-state index contributed by atoms with van der Waals surface area (Å²) in [6.07, 6.45) is 0.999. The van der Waals surface area contributed by atoms with Gasteiger partial charge in [-0.15, -0.1) is 11.3 Å². The lowest BCUT2D eigenvalue weighted by Gasteiger charge is -2.22. The third kappa shape index (κ3) is 5.81. The molecular formula is C15H19ClINS. The van der Waals surface area contributed by atoms with Crippen molar-refractivity contribution in [1.29, 1.82) is 0 Å². The lowest BCUT2D eigenvalue weighted by atomic mass is 10.1. The van der Waals surface area contributed by atoms with Crippen molar-refractivity contribution in [3.63, 3.8) is 0 Å². The van der Waals surface area contributed by atoms with Crippen LogP contribution in [-0.2, 0) is 13.0 Å². The number of halogens is 2. The van der Waals surface area contributed by atoms with Gasteiger partial charge in [0.05, 0.1) is 26.0 Å². The van der Waals surface area contributed by atoms with Crippen LogP contribution in [0.5, 0.6) is 0 Å². The van der Waals surface area contributed by atoms with Crippen molar-refractivity contribution < 1.29 is 28.5 Å². The molecular weight excluding hydrogens is 389 g/mol. The highest BCUT2D eigenvalue weighted by Crippen LogP contribution is 2.22. The van der Waals surface area contributed by atoms with Gasteiger partial charge in [-0.3, -0.25) is 0 Å². The number of nitrogens with zero attached hydrogens (tertiary/aromatic N) is 1. The molecule has 0 saturated heterocycles. The average molecular weight is 408 g/mol. The average Bonchev–Trinajstić information content (AvgIpc) is 2.66. The zero-order chi connectivity index (χ0) is 13.2. The molecule has 0 radical (unpaired) electrons. The predicted molar refractivity (Wildman–Crippen MR) is 80.3 cm³/mol. The molecule has 1 aromatic heterocycles. The zero-order valence-corrected chi connectivity index (χ0v) is 15.2. The molecule has 0 atom stereocenters. The zero-order valence-electron chi connectivity index (χ0n) is 11.5. The maximum atomic E-state index is 5.89. The monoisotopic (exact) mass is 407 g/mol. The Balaban J connectivity index is 0.00000180. The van der Waals surface area contributed by atoms with E-state index in [0.717, 1.165) is 22.5 Å². The quantitative estimate of drug-likeness (QED) is 0.528. The van der Waals surface area contributed by atoms with E-state index in [1.54, 1.807) is 0 Å². The van der Waals surface area contributed by atoms with E-state index < -0.39 is 0 Å². The first-order valence-corrected chi connectivity index (χ1v) is 7.24. The standard InChI is InChI=1S/C15H19ClNS.HI/c1-17(2,3)11-15-9-8-14(18-15)10-12-4-6-13(16)7-5-12;/h4-9H,10-11H2,1-3H3;1H/q+1;/p-1. The minimum atomic E-state index is 0. The minimum absolute atomic E-state index is 0. The summed E-state index contributed by atoms with van der Waals surface area (Å²) in [5.74, 6) is 0. The number of hydrogen-bond donors (Lipinski definition) is 0. The second-order valence-electron chi connectivity index (χ2n) is 5.62. The normalized spacial score (nSPS) is 11.2. The molecule has 4 heteroatoms. The summed E-state index contributed by atoms with van der Waals surface area (Å²) in [7, 11) is 6.66. The lowest BCUT2D eigenvalue weighted by Crippen LogP contribution is -3.00. The van der Waals surface area contributed by atoms with Crippen molar-refractivity contribution in [2.24, 2.45) is 0 Å². The Kier molecular flexibility index (Phi) is 6.30. The number of hydrogen-bond acceptors (Lipinski definition) is 1. The number of thiophene rings is 1. The molecule has 2 aromatic rings. The Labute approximate surface area is 141 Å². The van der Waals surface area contributed by atoms with Gasteiger partial charge in [-0.1, -0.05) is 23.7 Å². The van der Waals surface area contributed by atoms with E-state index in [0.29, 0.717) is 0 Å². The molecule has 0 unspecified atom stereocenters. The van der Waals surface area contributed by atoms with Gasteiger partial charge in [0.15, 0.2) is 0 Å². The predicted octanol–water partition coefficient (Wildman–Crippen LogP) is 1.20. The highest BCUT2D eigenvalue weighted by Gasteiger charge is 2.10. The van der Waals surface area contributed by atoms with E-state index >= 15 is 0 Å². The van der Waals surface area contributed by atoms with E-state index in [9.17, 15) is 0 Å². The first-order valence-electron chi connectivity index (χ1n) is 6.05. The highest BCUT2D eigenvalue weighted by atomic mass is 127. The smallest absolute Gasteiger partial charge is 0.113 e. The second-order valence-corrected chi connectivity index (χ2v) is 7.31. The fourth-order valence-electron chi connectivity index (χ4n) is 1.87. The molecule has 2 rings (SSSR count). The van der Waals surface area contributed by atoms with Gasteiger partial charge in [-0.05, 0) is 29.8 Å². The maximum absolute atomic E-state index is 5.89. The fourth-order valence-corrected chi connectivity index (χ4v) is 3.30. The van der Waals surface area contributed by atoms with Gasteiger partial charge in [-0.2, -0.15) is 0 Å². The molecule has 0 fully saturated rings. The van der Waals surface area contributed by atoms with Gasteiger partial charge < -0.3 is 28.5 Å². The molecule has 0 bridgehead atoms. The Morgan fingerprint density at radius 1 is 0.947 bits per heavy atom. The van der Waals surface area contributed by atoms with Crippen molar-refractivity contribution in [3.05, 3.63) is 56.7 Å². The van der Waals surface area contributed by atoms with Crippen LogP contribution in [0.15, 0.2) is 36.4 Å². The topological polar surface area (TPSA) is 0 Å². The third-order valence-electron chi connectivity index (χ3n) is 2.64. The molecule has 0 aliphatic rings. The van der Waals surface area contributed by atoms with Gasteiger partial charge in [0.1, 0.15) is 6.54 Å². The van der Waals surface area contributed by atoms with Crippen LogP contribution in [0.2, 0.25) is 5.02 Å². The van der Waals surface area contributed by atoms with Crippen LogP contribution in [0, 0.1) is 0 Å². The van der Waals surface area contributed by atoms with Crippen LogP contribution in [-0.4, -0.2) is 25.6 Å². The molecule has 104 valence electrons.